The zero-order chi connectivity index (χ0) is 12.5. The van der Waals surface area contributed by atoms with E-state index >= 15 is 0 Å². The van der Waals surface area contributed by atoms with E-state index in [9.17, 15) is 4.79 Å². The molecular weight excluding hydrogens is 228 g/mol. The number of fused-ring (bicyclic) bond motifs is 1. The van der Waals surface area contributed by atoms with E-state index in [2.05, 4.69) is 6.07 Å². The van der Waals surface area contributed by atoms with Gasteiger partial charge in [-0.1, -0.05) is 19.3 Å². The summed E-state index contributed by atoms with van der Waals surface area (Å²) in [6, 6.07) is 7.45. The molecule has 4 nitrogen and oxygen atoms in total. The maximum Gasteiger partial charge on any atom is 0.420 e. The fourth-order valence-electron chi connectivity index (χ4n) is 2.79. The number of nitrogens with zero attached hydrogens (tertiary/aromatic N) is 2. The van der Waals surface area contributed by atoms with Crippen LogP contribution in [0.5, 0.6) is 0 Å². The fourth-order valence-corrected chi connectivity index (χ4v) is 2.79. The van der Waals surface area contributed by atoms with Gasteiger partial charge in [0.15, 0.2) is 5.58 Å². The van der Waals surface area contributed by atoms with Crippen molar-refractivity contribution in [1.29, 1.82) is 5.26 Å². The van der Waals surface area contributed by atoms with Gasteiger partial charge in [-0.05, 0) is 31.0 Å². The summed E-state index contributed by atoms with van der Waals surface area (Å²) in [5, 5.41) is 8.94. The number of nitriles is 1. The lowest BCUT2D eigenvalue weighted by atomic mass is 9.95. The van der Waals surface area contributed by atoms with Crippen molar-refractivity contribution in [2.45, 2.75) is 38.1 Å². The maximum atomic E-state index is 12.0. The molecule has 0 amide bonds. The van der Waals surface area contributed by atoms with Gasteiger partial charge >= 0.3 is 5.76 Å². The minimum absolute atomic E-state index is 0.224. The molecule has 1 aliphatic carbocycles. The van der Waals surface area contributed by atoms with Crippen molar-refractivity contribution in [3.8, 4) is 6.07 Å². The SMILES string of the molecule is N#Cc1ccc2oc(=O)n(C3CCCCC3)c2c1. The zero-order valence-electron chi connectivity index (χ0n) is 10.1. The maximum absolute atomic E-state index is 12.0. The second-order valence-electron chi connectivity index (χ2n) is 4.82. The Morgan fingerprint density at radius 1 is 1.28 bits per heavy atom. The van der Waals surface area contributed by atoms with Crippen LogP contribution in [0.4, 0.5) is 0 Å². The summed E-state index contributed by atoms with van der Waals surface area (Å²) in [6.45, 7) is 0. The molecule has 3 rings (SSSR count). The van der Waals surface area contributed by atoms with Gasteiger partial charge in [0.05, 0.1) is 17.1 Å². The molecule has 0 bridgehead atoms. The van der Waals surface area contributed by atoms with Gasteiger partial charge in [-0.3, -0.25) is 4.57 Å². The van der Waals surface area contributed by atoms with Crippen molar-refractivity contribution >= 4 is 11.1 Å². The topological polar surface area (TPSA) is 58.9 Å². The number of aromatic nitrogens is 1. The molecule has 0 spiro atoms. The number of hydrogen-bond donors (Lipinski definition) is 0. The van der Waals surface area contributed by atoms with Crippen LogP contribution in [0.2, 0.25) is 0 Å². The Morgan fingerprint density at radius 2 is 2.06 bits per heavy atom. The molecule has 2 aromatic rings. The lowest BCUT2D eigenvalue weighted by molar-refractivity contribution is 0.336. The Hall–Kier alpha value is -2.02. The normalized spacial score (nSPS) is 16.8. The first-order chi connectivity index (χ1) is 8.79. The van der Waals surface area contributed by atoms with Crippen LogP contribution in [-0.4, -0.2) is 4.57 Å². The van der Waals surface area contributed by atoms with E-state index in [0.717, 1.165) is 31.2 Å². The fraction of sp³-hybridized carbons (Fsp3) is 0.429. The van der Waals surface area contributed by atoms with Crippen LogP contribution in [0.15, 0.2) is 27.4 Å². The Morgan fingerprint density at radius 3 is 2.78 bits per heavy atom. The molecule has 1 fully saturated rings. The first-order valence-corrected chi connectivity index (χ1v) is 6.35. The Balaban J connectivity index is 2.17. The van der Waals surface area contributed by atoms with Crippen LogP contribution in [0, 0.1) is 11.3 Å². The largest absolute Gasteiger partial charge is 0.420 e. The van der Waals surface area contributed by atoms with Crippen molar-refractivity contribution in [3.63, 3.8) is 0 Å². The molecule has 92 valence electrons. The number of oxazole rings is 1. The quantitative estimate of drug-likeness (QED) is 0.772. The van der Waals surface area contributed by atoms with Gasteiger partial charge in [0.2, 0.25) is 0 Å². The number of rotatable bonds is 1. The van der Waals surface area contributed by atoms with Gasteiger partial charge in [0.25, 0.3) is 0 Å². The summed E-state index contributed by atoms with van der Waals surface area (Å²) in [6.07, 6.45) is 5.59. The molecule has 1 heterocycles. The summed E-state index contributed by atoms with van der Waals surface area (Å²) < 4.78 is 6.98. The third-order valence-corrected chi connectivity index (χ3v) is 3.68. The van der Waals surface area contributed by atoms with Crippen molar-refractivity contribution in [1.82, 2.24) is 4.57 Å². The molecule has 0 atom stereocenters. The van der Waals surface area contributed by atoms with Crippen molar-refractivity contribution in [2.24, 2.45) is 0 Å². The highest BCUT2D eigenvalue weighted by molar-refractivity contribution is 5.75. The summed E-state index contributed by atoms with van der Waals surface area (Å²) in [5.74, 6) is -0.299. The molecule has 1 saturated carbocycles. The highest BCUT2D eigenvalue weighted by Crippen LogP contribution is 2.30. The highest BCUT2D eigenvalue weighted by atomic mass is 16.4. The van der Waals surface area contributed by atoms with E-state index < -0.39 is 0 Å². The van der Waals surface area contributed by atoms with Crippen LogP contribution in [0.25, 0.3) is 11.1 Å². The van der Waals surface area contributed by atoms with E-state index in [1.54, 1.807) is 22.8 Å². The lowest BCUT2D eigenvalue weighted by Crippen LogP contribution is -2.22. The molecule has 0 unspecified atom stereocenters. The van der Waals surface area contributed by atoms with E-state index in [1.807, 2.05) is 0 Å². The van der Waals surface area contributed by atoms with Gasteiger partial charge in [-0.25, -0.2) is 4.79 Å². The summed E-state index contributed by atoms with van der Waals surface area (Å²) in [4.78, 5) is 12.0. The average Bonchev–Trinajstić information content (AvgIpc) is 2.74. The molecule has 1 aromatic carbocycles. The first-order valence-electron chi connectivity index (χ1n) is 6.35. The molecule has 18 heavy (non-hydrogen) atoms. The summed E-state index contributed by atoms with van der Waals surface area (Å²) >= 11 is 0. The van der Waals surface area contributed by atoms with Crippen LogP contribution in [0.1, 0.15) is 43.7 Å². The molecule has 1 aromatic heterocycles. The lowest BCUT2D eigenvalue weighted by Gasteiger charge is -2.22. The predicted octanol–water partition coefficient (Wildman–Crippen LogP) is 2.97. The Kier molecular flexibility index (Phi) is 2.67. The van der Waals surface area contributed by atoms with Crippen molar-refractivity contribution in [2.75, 3.05) is 0 Å². The molecule has 0 aliphatic heterocycles. The zero-order valence-corrected chi connectivity index (χ0v) is 10.1. The highest BCUT2D eigenvalue weighted by Gasteiger charge is 2.21. The van der Waals surface area contributed by atoms with Gasteiger partial charge in [0, 0.05) is 6.04 Å². The van der Waals surface area contributed by atoms with E-state index in [0.29, 0.717) is 11.1 Å². The van der Waals surface area contributed by atoms with Crippen LogP contribution in [0.3, 0.4) is 0 Å². The monoisotopic (exact) mass is 242 g/mol. The number of benzene rings is 1. The van der Waals surface area contributed by atoms with Crippen LogP contribution in [-0.2, 0) is 0 Å². The van der Waals surface area contributed by atoms with E-state index in [4.69, 9.17) is 9.68 Å². The third-order valence-electron chi connectivity index (χ3n) is 3.68. The molecule has 0 N–H and O–H groups in total. The molecule has 4 heteroatoms. The predicted molar refractivity (Wildman–Crippen MR) is 67.3 cm³/mol. The van der Waals surface area contributed by atoms with Crippen LogP contribution < -0.4 is 5.76 Å². The smallest absolute Gasteiger partial charge is 0.408 e. The van der Waals surface area contributed by atoms with Crippen molar-refractivity contribution < 1.29 is 4.42 Å². The third kappa shape index (κ3) is 1.72. The second kappa shape index (κ2) is 4.34. The Labute approximate surface area is 104 Å². The second-order valence-corrected chi connectivity index (χ2v) is 4.82. The molecule has 0 radical (unpaired) electrons. The summed E-state index contributed by atoms with van der Waals surface area (Å²) in [7, 11) is 0. The molecular formula is C14H14N2O2. The minimum Gasteiger partial charge on any atom is -0.408 e. The van der Waals surface area contributed by atoms with Gasteiger partial charge in [-0.2, -0.15) is 5.26 Å². The Bertz CT molecular complexity index is 669. The van der Waals surface area contributed by atoms with Crippen LogP contribution >= 0.6 is 0 Å². The van der Waals surface area contributed by atoms with E-state index in [-0.39, 0.29) is 11.8 Å². The molecule has 1 aliphatic rings. The van der Waals surface area contributed by atoms with Gasteiger partial charge in [0.1, 0.15) is 0 Å². The van der Waals surface area contributed by atoms with Crippen molar-refractivity contribution in [3.05, 3.63) is 34.3 Å². The van der Waals surface area contributed by atoms with Gasteiger partial charge in [-0.15, -0.1) is 0 Å². The summed E-state index contributed by atoms with van der Waals surface area (Å²) in [5.41, 5.74) is 1.89. The standard InChI is InChI=1S/C14H14N2O2/c15-9-10-6-7-13-12(8-10)16(14(17)18-13)11-4-2-1-3-5-11/h6-8,11H,1-5H2. The minimum atomic E-state index is -0.299. The average molecular weight is 242 g/mol. The van der Waals surface area contributed by atoms with E-state index in [1.165, 1.54) is 6.42 Å². The molecule has 0 saturated heterocycles. The van der Waals surface area contributed by atoms with Gasteiger partial charge < -0.3 is 4.42 Å². The first kappa shape index (κ1) is 11.1. The number of hydrogen-bond acceptors (Lipinski definition) is 3.